The molecule has 0 spiro atoms. The van der Waals surface area contributed by atoms with Crippen LogP contribution in [0.3, 0.4) is 0 Å². The van der Waals surface area contributed by atoms with Crippen LogP contribution >= 0.6 is 0 Å². The van der Waals surface area contributed by atoms with Gasteiger partial charge in [-0.15, -0.1) is 0 Å². The number of Topliss-reactive ketones (excluding diaryl/α,β-unsaturated/α-hetero) is 1. The van der Waals surface area contributed by atoms with Gasteiger partial charge in [0.25, 0.3) is 0 Å². The van der Waals surface area contributed by atoms with E-state index in [1.165, 1.54) is 6.92 Å². The number of hydrogen-bond donors (Lipinski definition) is 1. The summed E-state index contributed by atoms with van der Waals surface area (Å²) in [7, 11) is 0. The molecule has 6 heteroatoms. The molecule has 2 N–H and O–H groups in total. The zero-order chi connectivity index (χ0) is 14.0. The maximum absolute atomic E-state index is 12.8. The lowest BCUT2D eigenvalue weighted by Gasteiger charge is -2.23. The average Bonchev–Trinajstić information content (AvgIpc) is 2.27. The lowest BCUT2D eigenvalue weighted by Crippen LogP contribution is -2.45. The summed E-state index contributed by atoms with van der Waals surface area (Å²) in [5, 5.41) is 0. The molecular formula is C12H15F3N2O. The van der Waals surface area contributed by atoms with Gasteiger partial charge in [-0.25, -0.2) is 0 Å². The Morgan fingerprint density at radius 2 is 2.06 bits per heavy atom. The van der Waals surface area contributed by atoms with Gasteiger partial charge in [-0.1, -0.05) is 13.3 Å². The van der Waals surface area contributed by atoms with E-state index in [0.29, 0.717) is 12.8 Å². The molecule has 0 aliphatic heterocycles. The Balaban J connectivity index is 3.22. The van der Waals surface area contributed by atoms with Crippen molar-refractivity contribution in [1.82, 2.24) is 4.98 Å². The number of carbonyl (C=O) groups is 1. The summed E-state index contributed by atoms with van der Waals surface area (Å²) in [6, 6.07) is 0.787. The maximum Gasteiger partial charge on any atom is 0.417 e. The van der Waals surface area contributed by atoms with Crippen molar-refractivity contribution in [3.63, 3.8) is 0 Å². The Bertz CT molecular complexity index is 441. The number of pyridine rings is 1. The fraction of sp³-hybridized carbons (Fsp3) is 0.500. The highest BCUT2D eigenvalue weighted by atomic mass is 19.4. The third-order valence-electron chi connectivity index (χ3n) is 2.66. The number of rotatable bonds is 4. The normalized spacial score (nSPS) is 15.2. The standard InChI is InChI=1S/C12H15F3N2O/c1-3-5-11(2,16)10(18)8-7-17-6-4-9(8)12(13,14)15/h4,6-7H,3,5,16H2,1-2H3. The summed E-state index contributed by atoms with van der Waals surface area (Å²) < 4.78 is 38.3. The quantitative estimate of drug-likeness (QED) is 0.847. The fourth-order valence-corrected chi connectivity index (χ4v) is 1.76. The molecule has 1 aromatic heterocycles. The lowest BCUT2D eigenvalue weighted by atomic mass is 9.87. The van der Waals surface area contributed by atoms with E-state index in [-0.39, 0.29) is 0 Å². The van der Waals surface area contributed by atoms with Crippen LogP contribution in [0.2, 0.25) is 0 Å². The number of nitrogens with zero attached hydrogens (tertiary/aromatic N) is 1. The van der Waals surface area contributed by atoms with Gasteiger partial charge >= 0.3 is 6.18 Å². The van der Waals surface area contributed by atoms with Gasteiger partial charge in [-0.2, -0.15) is 13.2 Å². The van der Waals surface area contributed by atoms with Crippen LogP contribution in [-0.4, -0.2) is 16.3 Å². The Kier molecular flexibility index (Phi) is 4.11. The number of aromatic nitrogens is 1. The molecular weight excluding hydrogens is 245 g/mol. The zero-order valence-electron chi connectivity index (χ0n) is 10.2. The van der Waals surface area contributed by atoms with Gasteiger partial charge < -0.3 is 5.73 Å². The van der Waals surface area contributed by atoms with E-state index in [1.54, 1.807) is 0 Å². The second-order valence-electron chi connectivity index (χ2n) is 4.42. The highest BCUT2D eigenvalue weighted by molar-refractivity contribution is 6.03. The van der Waals surface area contributed by atoms with Gasteiger partial charge in [0.15, 0.2) is 5.78 Å². The average molecular weight is 260 g/mol. The number of nitrogens with two attached hydrogens (primary N) is 1. The van der Waals surface area contributed by atoms with E-state index in [4.69, 9.17) is 5.73 Å². The smallest absolute Gasteiger partial charge is 0.319 e. The molecule has 0 aliphatic carbocycles. The van der Waals surface area contributed by atoms with Crippen LogP contribution in [0, 0.1) is 0 Å². The van der Waals surface area contributed by atoms with Crippen molar-refractivity contribution in [2.24, 2.45) is 5.73 Å². The van der Waals surface area contributed by atoms with E-state index < -0.39 is 28.6 Å². The maximum atomic E-state index is 12.8. The van der Waals surface area contributed by atoms with Crippen molar-refractivity contribution in [1.29, 1.82) is 0 Å². The summed E-state index contributed by atoms with van der Waals surface area (Å²) in [5.74, 6) is -0.732. The van der Waals surface area contributed by atoms with Crippen molar-refractivity contribution in [3.8, 4) is 0 Å². The van der Waals surface area contributed by atoms with Gasteiger partial charge in [0.1, 0.15) is 0 Å². The molecule has 1 rings (SSSR count). The lowest BCUT2D eigenvalue weighted by molar-refractivity contribution is -0.138. The van der Waals surface area contributed by atoms with Gasteiger partial charge in [-0.05, 0) is 19.4 Å². The Hall–Kier alpha value is -1.43. The van der Waals surface area contributed by atoms with Gasteiger partial charge in [-0.3, -0.25) is 9.78 Å². The first-order valence-corrected chi connectivity index (χ1v) is 5.55. The Morgan fingerprint density at radius 3 is 2.56 bits per heavy atom. The van der Waals surface area contributed by atoms with Crippen LogP contribution in [0.1, 0.15) is 42.6 Å². The first-order valence-electron chi connectivity index (χ1n) is 5.55. The minimum Gasteiger partial charge on any atom is -0.319 e. The number of alkyl halides is 3. The molecule has 0 aromatic carbocycles. The molecule has 0 saturated carbocycles. The zero-order valence-corrected chi connectivity index (χ0v) is 10.2. The molecule has 0 radical (unpaired) electrons. The van der Waals surface area contributed by atoms with Crippen LogP contribution in [-0.2, 0) is 6.18 Å². The van der Waals surface area contributed by atoms with Crippen molar-refractivity contribution >= 4 is 5.78 Å². The van der Waals surface area contributed by atoms with E-state index in [0.717, 1.165) is 18.5 Å². The predicted molar refractivity (Wildman–Crippen MR) is 61.1 cm³/mol. The van der Waals surface area contributed by atoms with Crippen LogP contribution in [0.25, 0.3) is 0 Å². The minimum absolute atomic E-state index is 0.317. The molecule has 1 aromatic rings. The molecule has 1 heterocycles. The molecule has 0 fully saturated rings. The summed E-state index contributed by atoms with van der Waals surface area (Å²) in [6.45, 7) is 3.25. The molecule has 100 valence electrons. The number of hydrogen-bond acceptors (Lipinski definition) is 3. The highest BCUT2D eigenvalue weighted by Crippen LogP contribution is 2.33. The number of halogens is 3. The Labute approximate surface area is 103 Å². The molecule has 3 nitrogen and oxygen atoms in total. The molecule has 0 aliphatic rings. The first-order chi connectivity index (χ1) is 8.20. The highest BCUT2D eigenvalue weighted by Gasteiger charge is 2.38. The third kappa shape index (κ3) is 3.07. The number of ketones is 1. The molecule has 1 atom stereocenters. The summed E-state index contributed by atoms with van der Waals surface area (Å²) >= 11 is 0. The first kappa shape index (κ1) is 14.6. The molecule has 1 unspecified atom stereocenters. The third-order valence-corrected chi connectivity index (χ3v) is 2.66. The van der Waals surface area contributed by atoms with Crippen molar-refractivity contribution in [2.45, 2.75) is 38.4 Å². The summed E-state index contributed by atoms with van der Waals surface area (Å²) in [6.07, 6.45) is -1.73. The van der Waals surface area contributed by atoms with Crippen molar-refractivity contribution < 1.29 is 18.0 Å². The topological polar surface area (TPSA) is 56.0 Å². The van der Waals surface area contributed by atoms with E-state index in [1.807, 2.05) is 6.92 Å². The monoisotopic (exact) mass is 260 g/mol. The van der Waals surface area contributed by atoms with E-state index >= 15 is 0 Å². The van der Waals surface area contributed by atoms with Gasteiger partial charge in [0.05, 0.1) is 16.7 Å². The van der Waals surface area contributed by atoms with Gasteiger partial charge in [0, 0.05) is 12.4 Å². The van der Waals surface area contributed by atoms with E-state index in [2.05, 4.69) is 4.98 Å². The second-order valence-corrected chi connectivity index (χ2v) is 4.42. The molecule has 0 saturated heterocycles. The van der Waals surface area contributed by atoms with Crippen LogP contribution in [0.4, 0.5) is 13.2 Å². The SMILES string of the molecule is CCCC(C)(N)C(=O)c1cnccc1C(F)(F)F. The summed E-state index contributed by atoms with van der Waals surface area (Å²) in [5.41, 5.74) is 3.00. The predicted octanol–water partition coefficient (Wildman–Crippen LogP) is 2.80. The fourth-order valence-electron chi connectivity index (χ4n) is 1.76. The van der Waals surface area contributed by atoms with Crippen molar-refractivity contribution in [2.75, 3.05) is 0 Å². The van der Waals surface area contributed by atoms with Crippen LogP contribution in [0.5, 0.6) is 0 Å². The second kappa shape index (κ2) is 5.06. The largest absolute Gasteiger partial charge is 0.417 e. The molecule has 18 heavy (non-hydrogen) atoms. The van der Waals surface area contributed by atoms with Crippen LogP contribution in [0.15, 0.2) is 18.5 Å². The van der Waals surface area contributed by atoms with E-state index in [9.17, 15) is 18.0 Å². The summed E-state index contributed by atoms with van der Waals surface area (Å²) in [4.78, 5) is 15.6. The van der Waals surface area contributed by atoms with Crippen LogP contribution < -0.4 is 5.73 Å². The molecule has 0 amide bonds. The van der Waals surface area contributed by atoms with Gasteiger partial charge in [0.2, 0.25) is 0 Å². The number of carbonyl (C=O) groups excluding carboxylic acids is 1. The molecule has 0 bridgehead atoms. The minimum atomic E-state index is -4.59. The van der Waals surface area contributed by atoms with Crippen molar-refractivity contribution in [3.05, 3.63) is 29.6 Å². The Morgan fingerprint density at radius 1 is 1.44 bits per heavy atom.